The molecule has 0 spiro atoms. The van der Waals surface area contributed by atoms with Crippen LogP contribution in [0.1, 0.15) is 13.8 Å². The van der Waals surface area contributed by atoms with Crippen LogP contribution in [0.15, 0.2) is 0 Å². The van der Waals surface area contributed by atoms with Crippen molar-refractivity contribution in [3.05, 3.63) is 0 Å². The minimum Gasteiger partial charge on any atom is -0.456 e. The van der Waals surface area contributed by atoms with Crippen LogP contribution in [0.2, 0.25) is 0 Å². The highest BCUT2D eigenvalue weighted by Gasteiger charge is 2.45. The number of hydrogen-bond donors (Lipinski definition) is 0. The summed E-state index contributed by atoms with van der Waals surface area (Å²) in [5.74, 6) is -1.46. The van der Waals surface area contributed by atoms with Crippen LogP contribution in [0.3, 0.4) is 0 Å². The average molecular weight is 238 g/mol. The average Bonchev–Trinajstić information content (AvgIpc) is 2.16. The number of hydrogen-bond acceptors (Lipinski definition) is 5. The molecule has 1 saturated heterocycles. The second-order valence-electron chi connectivity index (χ2n) is 3.35. The largest absolute Gasteiger partial charge is 0.456 e. The van der Waals surface area contributed by atoms with Crippen molar-refractivity contribution in [1.82, 2.24) is 0 Å². The van der Waals surface area contributed by atoms with Gasteiger partial charge >= 0.3 is 11.9 Å². The van der Waals surface area contributed by atoms with Crippen LogP contribution in [-0.2, 0) is 23.8 Å². The smallest absolute Gasteiger partial charge is 0.303 e. The molecular weight excluding hydrogens is 226 g/mol. The monoisotopic (exact) mass is 238 g/mol. The van der Waals surface area contributed by atoms with Gasteiger partial charge < -0.3 is 14.2 Å². The summed E-state index contributed by atoms with van der Waals surface area (Å²) in [5.41, 5.74) is 0. The Labute approximate surface area is 90.6 Å². The highest BCUT2D eigenvalue weighted by atomic mass is 19.2. The van der Waals surface area contributed by atoms with E-state index >= 15 is 0 Å². The number of carbonyl (C=O) groups is 2. The van der Waals surface area contributed by atoms with E-state index in [9.17, 15) is 18.4 Å². The van der Waals surface area contributed by atoms with Crippen LogP contribution in [0.5, 0.6) is 0 Å². The molecule has 92 valence electrons. The van der Waals surface area contributed by atoms with Crippen molar-refractivity contribution in [2.24, 2.45) is 0 Å². The lowest BCUT2D eigenvalue weighted by atomic mass is 10.1. The summed E-state index contributed by atoms with van der Waals surface area (Å²) in [7, 11) is 0. The molecule has 0 radical (unpaired) electrons. The third-order valence-electron chi connectivity index (χ3n) is 1.97. The molecule has 0 bridgehead atoms. The van der Waals surface area contributed by atoms with Gasteiger partial charge in [0.2, 0.25) is 6.36 Å². The summed E-state index contributed by atoms with van der Waals surface area (Å²) in [6.07, 6.45) is -6.94. The first kappa shape index (κ1) is 12.8. The summed E-state index contributed by atoms with van der Waals surface area (Å²) in [4.78, 5) is 21.4. The first-order chi connectivity index (χ1) is 7.41. The molecule has 4 unspecified atom stereocenters. The quantitative estimate of drug-likeness (QED) is 0.656. The van der Waals surface area contributed by atoms with Crippen LogP contribution >= 0.6 is 0 Å². The molecule has 0 amide bonds. The summed E-state index contributed by atoms with van der Waals surface area (Å²) < 4.78 is 39.9. The zero-order valence-electron chi connectivity index (χ0n) is 8.81. The number of alkyl halides is 2. The third kappa shape index (κ3) is 3.13. The third-order valence-corrected chi connectivity index (χ3v) is 1.97. The lowest BCUT2D eigenvalue weighted by molar-refractivity contribution is -0.226. The van der Waals surface area contributed by atoms with Crippen molar-refractivity contribution in [2.75, 3.05) is 6.61 Å². The highest BCUT2D eigenvalue weighted by molar-refractivity contribution is 5.67. The molecular formula is C9H12F2O5. The standard InChI is InChI=1S/C9H12F2O5/c1-4(12)15-6-3-14-9(11)7(10)8(6)16-5(2)13/h6-9H,3H2,1-2H3. The molecule has 0 aromatic carbocycles. The Hall–Kier alpha value is -1.24. The van der Waals surface area contributed by atoms with E-state index in [1.54, 1.807) is 0 Å². The molecule has 0 aliphatic carbocycles. The Morgan fingerprint density at radius 2 is 1.75 bits per heavy atom. The van der Waals surface area contributed by atoms with E-state index in [0.717, 1.165) is 13.8 Å². The van der Waals surface area contributed by atoms with Crippen molar-refractivity contribution < 1.29 is 32.6 Å². The predicted molar refractivity (Wildman–Crippen MR) is 46.9 cm³/mol. The van der Waals surface area contributed by atoms with Gasteiger partial charge in [-0.1, -0.05) is 0 Å². The highest BCUT2D eigenvalue weighted by Crippen LogP contribution is 2.24. The maximum absolute atomic E-state index is 13.3. The van der Waals surface area contributed by atoms with Crippen LogP contribution in [0.25, 0.3) is 0 Å². The molecule has 5 nitrogen and oxygen atoms in total. The molecule has 1 aliphatic rings. The topological polar surface area (TPSA) is 61.8 Å². The van der Waals surface area contributed by atoms with Gasteiger partial charge in [-0.05, 0) is 0 Å². The number of ether oxygens (including phenoxy) is 3. The van der Waals surface area contributed by atoms with E-state index in [-0.39, 0.29) is 6.61 Å². The van der Waals surface area contributed by atoms with Gasteiger partial charge in [-0.25, -0.2) is 8.78 Å². The van der Waals surface area contributed by atoms with E-state index in [1.807, 2.05) is 0 Å². The fourth-order valence-corrected chi connectivity index (χ4v) is 1.37. The molecule has 0 saturated carbocycles. The van der Waals surface area contributed by atoms with Crippen LogP contribution in [0, 0.1) is 0 Å². The predicted octanol–water partition coefficient (Wildman–Crippen LogP) is 0.514. The van der Waals surface area contributed by atoms with E-state index in [0.29, 0.717) is 0 Å². The van der Waals surface area contributed by atoms with Crippen molar-refractivity contribution in [2.45, 2.75) is 38.6 Å². The number of esters is 2. The van der Waals surface area contributed by atoms with Gasteiger partial charge in [-0.15, -0.1) is 0 Å². The number of rotatable bonds is 2. The number of carbonyl (C=O) groups excluding carboxylic acids is 2. The fraction of sp³-hybridized carbons (Fsp3) is 0.778. The Morgan fingerprint density at radius 1 is 1.19 bits per heavy atom. The Kier molecular flexibility index (Phi) is 4.17. The molecule has 1 rings (SSSR count). The maximum Gasteiger partial charge on any atom is 0.303 e. The molecule has 4 atom stereocenters. The van der Waals surface area contributed by atoms with Crippen molar-refractivity contribution in [1.29, 1.82) is 0 Å². The maximum atomic E-state index is 13.3. The summed E-state index contributed by atoms with van der Waals surface area (Å²) in [6.45, 7) is 1.82. The van der Waals surface area contributed by atoms with Crippen LogP contribution in [-0.4, -0.2) is 43.3 Å². The van der Waals surface area contributed by atoms with Gasteiger partial charge in [0, 0.05) is 13.8 Å². The molecule has 0 aromatic heterocycles. The molecule has 0 N–H and O–H groups in total. The van der Waals surface area contributed by atoms with Crippen molar-refractivity contribution in [3.63, 3.8) is 0 Å². The fourth-order valence-electron chi connectivity index (χ4n) is 1.37. The van der Waals surface area contributed by atoms with Crippen molar-refractivity contribution >= 4 is 11.9 Å². The molecule has 0 aromatic rings. The SMILES string of the molecule is CC(=O)OC1COC(F)C(F)C1OC(C)=O. The van der Waals surface area contributed by atoms with E-state index in [1.165, 1.54) is 0 Å². The minimum absolute atomic E-state index is 0.348. The zero-order valence-corrected chi connectivity index (χ0v) is 8.81. The van der Waals surface area contributed by atoms with Crippen LogP contribution in [0.4, 0.5) is 8.78 Å². The minimum atomic E-state index is -2.18. The van der Waals surface area contributed by atoms with Gasteiger partial charge in [-0.3, -0.25) is 9.59 Å². The molecule has 1 fully saturated rings. The van der Waals surface area contributed by atoms with Gasteiger partial charge in [0.25, 0.3) is 0 Å². The Morgan fingerprint density at radius 3 is 2.25 bits per heavy atom. The first-order valence-corrected chi connectivity index (χ1v) is 4.66. The molecule has 1 heterocycles. The normalized spacial score (nSPS) is 34.2. The van der Waals surface area contributed by atoms with E-state index in [2.05, 4.69) is 14.2 Å². The van der Waals surface area contributed by atoms with Gasteiger partial charge in [-0.2, -0.15) is 0 Å². The second kappa shape index (κ2) is 5.20. The second-order valence-corrected chi connectivity index (χ2v) is 3.35. The van der Waals surface area contributed by atoms with E-state index in [4.69, 9.17) is 0 Å². The lowest BCUT2D eigenvalue weighted by Gasteiger charge is -2.34. The summed E-state index contributed by atoms with van der Waals surface area (Å²) in [5, 5.41) is 0. The zero-order chi connectivity index (χ0) is 12.3. The molecule has 16 heavy (non-hydrogen) atoms. The Balaban J connectivity index is 2.72. The number of halogens is 2. The molecule has 1 aliphatic heterocycles. The van der Waals surface area contributed by atoms with Crippen LogP contribution < -0.4 is 0 Å². The summed E-state index contributed by atoms with van der Waals surface area (Å²) >= 11 is 0. The Bertz CT molecular complexity index is 283. The van der Waals surface area contributed by atoms with Gasteiger partial charge in [0.05, 0.1) is 6.61 Å². The summed E-state index contributed by atoms with van der Waals surface area (Å²) in [6, 6.07) is 0. The first-order valence-electron chi connectivity index (χ1n) is 4.66. The van der Waals surface area contributed by atoms with E-state index < -0.39 is 36.7 Å². The lowest BCUT2D eigenvalue weighted by Crippen LogP contribution is -2.52. The molecule has 7 heteroatoms. The van der Waals surface area contributed by atoms with Crippen molar-refractivity contribution in [3.8, 4) is 0 Å². The van der Waals surface area contributed by atoms with Gasteiger partial charge in [0.1, 0.15) is 0 Å². The van der Waals surface area contributed by atoms with Gasteiger partial charge in [0.15, 0.2) is 18.4 Å².